The van der Waals surface area contributed by atoms with E-state index >= 15 is 0 Å². The summed E-state index contributed by atoms with van der Waals surface area (Å²) in [5, 5.41) is 1.75. The summed E-state index contributed by atoms with van der Waals surface area (Å²) in [4.78, 5) is 5.43. The lowest BCUT2D eigenvalue weighted by atomic mass is 10.1. The Balaban J connectivity index is 2.53. The van der Waals surface area contributed by atoms with Crippen molar-refractivity contribution in [2.24, 2.45) is 0 Å². The Hall–Kier alpha value is -1.49. The molecule has 2 aromatic rings. The second kappa shape index (κ2) is 4.17. The number of aromatic nitrogens is 1. The lowest BCUT2D eigenvalue weighted by Gasteiger charge is -2.15. The van der Waals surface area contributed by atoms with Crippen LogP contribution in [0.4, 0.5) is 14.5 Å². The third kappa shape index (κ3) is 1.90. The normalized spacial score (nSPS) is 10.5. The lowest BCUT2D eigenvalue weighted by Crippen LogP contribution is -2.12. The second-order valence-corrected chi connectivity index (χ2v) is 4.28. The van der Waals surface area contributed by atoms with Gasteiger partial charge in [-0.3, -0.25) is 0 Å². The Morgan fingerprint density at radius 3 is 2.25 bits per heavy atom. The summed E-state index contributed by atoms with van der Waals surface area (Å²) >= 11 is 1.39. The van der Waals surface area contributed by atoms with Crippen molar-refractivity contribution in [1.29, 1.82) is 0 Å². The van der Waals surface area contributed by atoms with Gasteiger partial charge in [0.25, 0.3) is 0 Å². The van der Waals surface area contributed by atoms with Crippen LogP contribution < -0.4 is 4.90 Å². The maximum absolute atomic E-state index is 13.6. The first kappa shape index (κ1) is 11.0. The Labute approximate surface area is 96.2 Å². The molecular formula is C11H10F2N2S. The molecule has 0 saturated carbocycles. The van der Waals surface area contributed by atoms with E-state index in [1.54, 1.807) is 25.0 Å². The maximum Gasteiger partial charge on any atom is 0.150 e. The molecule has 0 atom stereocenters. The van der Waals surface area contributed by atoms with Crippen LogP contribution in [-0.4, -0.2) is 19.1 Å². The lowest BCUT2D eigenvalue weighted by molar-refractivity contribution is 0.582. The van der Waals surface area contributed by atoms with E-state index in [-0.39, 0.29) is 5.69 Å². The molecule has 0 N–H and O–H groups in total. The number of hydrogen-bond donors (Lipinski definition) is 0. The number of anilines is 1. The van der Waals surface area contributed by atoms with Gasteiger partial charge in [-0.1, -0.05) is 0 Å². The molecular weight excluding hydrogens is 230 g/mol. The van der Waals surface area contributed by atoms with Gasteiger partial charge in [0.05, 0.1) is 11.2 Å². The van der Waals surface area contributed by atoms with Crippen LogP contribution in [0.15, 0.2) is 23.0 Å². The zero-order valence-corrected chi connectivity index (χ0v) is 9.68. The number of benzene rings is 1. The minimum Gasteiger partial charge on any atom is -0.373 e. The summed E-state index contributed by atoms with van der Waals surface area (Å²) in [6.45, 7) is 0. The number of hydrogen-bond acceptors (Lipinski definition) is 3. The molecule has 0 fully saturated rings. The molecule has 0 radical (unpaired) electrons. The second-order valence-electron chi connectivity index (χ2n) is 3.56. The summed E-state index contributed by atoms with van der Waals surface area (Å²) in [6, 6.07) is 2.60. The van der Waals surface area contributed by atoms with Gasteiger partial charge in [-0.05, 0) is 12.1 Å². The minimum absolute atomic E-state index is 0.0287. The summed E-state index contributed by atoms with van der Waals surface area (Å²) in [7, 11) is 3.20. The molecule has 0 aliphatic heterocycles. The summed E-state index contributed by atoms with van der Waals surface area (Å²) in [5.74, 6) is -1.15. The van der Waals surface area contributed by atoms with Crippen LogP contribution in [-0.2, 0) is 0 Å². The molecule has 84 valence electrons. The van der Waals surface area contributed by atoms with Crippen molar-refractivity contribution in [2.45, 2.75) is 0 Å². The Kier molecular flexibility index (Phi) is 2.87. The Morgan fingerprint density at radius 1 is 1.19 bits per heavy atom. The molecule has 0 aliphatic carbocycles. The number of thiazole rings is 1. The fourth-order valence-corrected chi connectivity index (χ4v) is 2.06. The fraction of sp³-hybridized carbons (Fsp3) is 0.182. The van der Waals surface area contributed by atoms with Crippen LogP contribution in [0.3, 0.4) is 0 Å². The van der Waals surface area contributed by atoms with E-state index in [0.717, 1.165) is 0 Å². The van der Waals surface area contributed by atoms with E-state index in [2.05, 4.69) is 4.98 Å². The van der Waals surface area contributed by atoms with Crippen molar-refractivity contribution >= 4 is 17.0 Å². The van der Waals surface area contributed by atoms with Gasteiger partial charge in [-0.2, -0.15) is 0 Å². The van der Waals surface area contributed by atoms with Gasteiger partial charge in [0.1, 0.15) is 17.3 Å². The molecule has 0 unspecified atom stereocenters. The van der Waals surface area contributed by atoms with E-state index in [1.165, 1.54) is 28.4 Å². The quantitative estimate of drug-likeness (QED) is 0.801. The van der Waals surface area contributed by atoms with E-state index in [1.807, 2.05) is 0 Å². The van der Waals surface area contributed by atoms with Gasteiger partial charge in [0.2, 0.25) is 0 Å². The molecule has 1 aromatic heterocycles. The highest BCUT2D eigenvalue weighted by Crippen LogP contribution is 2.28. The highest BCUT2D eigenvalue weighted by Gasteiger charge is 2.14. The van der Waals surface area contributed by atoms with Crippen molar-refractivity contribution in [3.8, 4) is 11.3 Å². The van der Waals surface area contributed by atoms with Gasteiger partial charge in [-0.15, -0.1) is 11.3 Å². The van der Waals surface area contributed by atoms with Crippen LogP contribution in [0.1, 0.15) is 0 Å². The molecule has 2 rings (SSSR count). The van der Waals surface area contributed by atoms with Crippen molar-refractivity contribution in [2.75, 3.05) is 19.0 Å². The van der Waals surface area contributed by atoms with Gasteiger partial charge in [-0.25, -0.2) is 13.8 Å². The van der Waals surface area contributed by atoms with E-state index in [0.29, 0.717) is 11.3 Å². The number of halogens is 2. The Morgan fingerprint density at radius 2 is 1.81 bits per heavy atom. The van der Waals surface area contributed by atoms with Gasteiger partial charge in [0, 0.05) is 25.0 Å². The largest absolute Gasteiger partial charge is 0.373 e. The van der Waals surface area contributed by atoms with E-state index < -0.39 is 11.6 Å². The van der Waals surface area contributed by atoms with Crippen molar-refractivity contribution in [1.82, 2.24) is 4.98 Å². The first-order valence-electron chi connectivity index (χ1n) is 4.64. The zero-order valence-electron chi connectivity index (χ0n) is 8.87. The Bertz CT molecular complexity index is 472. The number of rotatable bonds is 2. The monoisotopic (exact) mass is 240 g/mol. The summed E-state index contributed by atoms with van der Waals surface area (Å²) in [6.07, 6.45) is 0. The van der Waals surface area contributed by atoms with Crippen molar-refractivity contribution in [3.05, 3.63) is 34.7 Å². The molecule has 0 saturated heterocycles. The van der Waals surface area contributed by atoms with Crippen LogP contribution in [0.5, 0.6) is 0 Å². The van der Waals surface area contributed by atoms with Gasteiger partial charge in [0.15, 0.2) is 0 Å². The average Bonchev–Trinajstić information content (AvgIpc) is 2.67. The molecule has 5 heteroatoms. The van der Waals surface area contributed by atoms with Crippen LogP contribution >= 0.6 is 11.3 Å². The van der Waals surface area contributed by atoms with Crippen LogP contribution in [0.25, 0.3) is 11.3 Å². The summed E-state index contributed by atoms with van der Waals surface area (Å²) < 4.78 is 27.3. The molecule has 2 nitrogen and oxygen atoms in total. The van der Waals surface area contributed by atoms with Crippen molar-refractivity contribution < 1.29 is 8.78 Å². The number of nitrogens with zero attached hydrogens (tertiary/aromatic N) is 2. The van der Waals surface area contributed by atoms with Gasteiger partial charge >= 0.3 is 0 Å². The third-order valence-electron chi connectivity index (χ3n) is 2.19. The molecule has 16 heavy (non-hydrogen) atoms. The van der Waals surface area contributed by atoms with Crippen LogP contribution in [0.2, 0.25) is 0 Å². The predicted molar refractivity (Wildman–Crippen MR) is 61.8 cm³/mol. The maximum atomic E-state index is 13.6. The third-order valence-corrected chi connectivity index (χ3v) is 2.78. The topological polar surface area (TPSA) is 16.1 Å². The van der Waals surface area contributed by atoms with Crippen LogP contribution in [0, 0.1) is 11.6 Å². The minimum atomic E-state index is -0.576. The first-order chi connectivity index (χ1) is 7.59. The smallest absolute Gasteiger partial charge is 0.150 e. The predicted octanol–water partition coefficient (Wildman–Crippen LogP) is 3.15. The van der Waals surface area contributed by atoms with Gasteiger partial charge < -0.3 is 4.90 Å². The van der Waals surface area contributed by atoms with E-state index in [4.69, 9.17) is 0 Å². The zero-order chi connectivity index (χ0) is 11.7. The molecule has 0 aliphatic rings. The molecule has 0 amide bonds. The first-order valence-corrected chi connectivity index (χ1v) is 5.59. The molecule has 1 aromatic carbocycles. The van der Waals surface area contributed by atoms with E-state index in [9.17, 15) is 8.78 Å². The standard InChI is InChI=1S/C11H10F2N2S/c1-15(2)11-8(12)3-7(4-9(11)13)10-5-16-6-14-10/h3-6H,1-2H3. The molecule has 1 heterocycles. The SMILES string of the molecule is CN(C)c1c(F)cc(-c2cscn2)cc1F. The molecule has 0 bridgehead atoms. The fourth-order valence-electron chi connectivity index (χ4n) is 1.50. The summed E-state index contributed by atoms with van der Waals surface area (Å²) in [5.41, 5.74) is 2.65. The molecule has 0 spiro atoms. The highest BCUT2D eigenvalue weighted by atomic mass is 32.1. The highest BCUT2D eigenvalue weighted by molar-refractivity contribution is 7.07. The van der Waals surface area contributed by atoms with Crippen molar-refractivity contribution in [3.63, 3.8) is 0 Å². The average molecular weight is 240 g/mol.